The second-order valence-electron chi connectivity index (χ2n) is 6.23. The third-order valence-electron chi connectivity index (χ3n) is 4.62. The van der Waals surface area contributed by atoms with Crippen LogP contribution in [0.15, 0.2) is 0 Å². The molecule has 1 aliphatic heterocycles. The highest BCUT2D eigenvalue weighted by atomic mass is 16.5. The zero-order valence-electron chi connectivity index (χ0n) is 12.2. The Labute approximate surface area is 119 Å². The number of aliphatic carboxylic acids is 1. The smallest absolute Gasteiger partial charge is 0.317 e. The van der Waals surface area contributed by atoms with E-state index < -0.39 is 11.9 Å². The lowest BCUT2D eigenvalue weighted by atomic mass is 9.99. The summed E-state index contributed by atoms with van der Waals surface area (Å²) in [4.78, 5) is 24.8. The first kappa shape index (κ1) is 15.1. The largest absolute Gasteiger partial charge is 0.481 e. The third kappa shape index (κ3) is 3.42. The van der Waals surface area contributed by atoms with E-state index in [0.717, 1.165) is 25.9 Å². The van der Waals surface area contributed by atoms with E-state index in [1.54, 1.807) is 12.0 Å². The zero-order chi connectivity index (χ0) is 14.8. The summed E-state index contributed by atoms with van der Waals surface area (Å²) in [7, 11) is 1.69. The first-order valence-electron chi connectivity index (χ1n) is 7.22. The highest BCUT2D eigenvalue weighted by Crippen LogP contribution is 2.48. The summed E-state index contributed by atoms with van der Waals surface area (Å²) in [6, 6.07) is -0.135. The van der Waals surface area contributed by atoms with Crippen molar-refractivity contribution in [3.63, 3.8) is 0 Å². The molecule has 0 radical (unpaired) electrons. The van der Waals surface area contributed by atoms with E-state index in [2.05, 4.69) is 5.32 Å². The van der Waals surface area contributed by atoms with Crippen LogP contribution in [-0.4, -0.2) is 55.4 Å². The van der Waals surface area contributed by atoms with Crippen molar-refractivity contribution in [2.45, 2.75) is 26.2 Å². The number of carboxylic acids is 1. The van der Waals surface area contributed by atoms with Crippen molar-refractivity contribution >= 4 is 12.0 Å². The molecule has 1 saturated heterocycles. The lowest BCUT2D eigenvalue weighted by Gasteiger charge is -2.20. The topological polar surface area (TPSA) is 78.9 Å². The fraction of sp³-hybridized carbons (Fsp3) is 0.857. The predicted molar refractivity (Wildman–Crippen MR) is 73.4 cm³/mol. The van der Waals surface area contributed by atoms with Crippen molar-refractivity contribution in [1.29, 1.82) is 0 Å². The fourth-order valence-electron chi connectivity index (χ4n) is 2.84. The fourth-order valence-corrected chi connectivity index (χ4v) is 2.84. The Bertz CT molecular complexity index is 381. The quantitative estimate of drug-likeness (QED) is 0.767. The van der Waals surface area contributed by atoms with Gasteiger partial charge in [0.05, 0.1) is 5.92 Å². The number of amides is 2. The second kappa shape index (κ2) is 5.99. The van der Waals surface area contributed by atoms with Gasteiger partial charge in [-0.3, -0.25) is 4.79 Å². The SMILES string of the molecule is COCCC1(CNC(=O)N2C[C@@H](C)[C@H](C(=O)O)C2)CC1. The number of urea groups is 1. The molecule has 2 N–H and O–H groups in total. The van der Waals surface area contributed by atoms with Crippen molar-refractivity contribution in [2.24, 2.45) is 17.3 Å². The van der Waals surface area contributed by atoms with Gasteiger partial charge >= 0.3 is 12.0 Å². The van der Waals surface area contributed by atoms with Gasteiger partial charge in [0, 0.05) is 33.4 Å². The van der Waals surface area contributed by atoms with E-state index in [-0.39, 0.29) is 17.4 Å². The van der Waals surface area contributed by atoms with Gasteiger partial charge in [-0.15, -0.1) is 0 Å². The average Bonchev–Trinajstić information content (AvgIpc) is 3.07. The summed E-state index contributed by atoms with van der Waals surface area (Å²) < 4.78 is 5.09. The van der Waals surface area contributed by atoms with E-state index in [1.807, 2.05) is 6.92 Å². The molecule has 2 atom stereocenters. The van der Waals surface area contributed by atoms with Crippen molar-refractivity contribution < 1.29 is 19.4 Å². The number of hydrogen-bond acceptors (Lipinski definition) is 3. The van der Waals surface area contributed by atoms with Gasteiger partial charge in [0.15, 0.2) is 0 Å². The minimum absolute atomic E-state index is 0.0154. The van der Waals surface area contributed by atoms with Gasteiger partial charge in [-0.2, -0.15) is 0 Å². The molecule has 1 saturated carbocycles. The van der Waals surface area contributed by atoms with E-state index in [0.29, 0.717) is 19.6 Å². The minimum Gasteiger partial charge on any atom is -0.481 e. The number of nitrogens with zero attached hydrogens (tertiary/aromatic N) is 1. The first-order valence-corrected chi connectivity index (χ1v) is 7.22. The lowest BCUT2D eigenvalue weighted by molar-refractivity contribution is -0.142. The Kier molecular flexibility index (Phi) is 4.52. The number of methoxy groups -OCH3 is 1. The summed E-state index contributed by atoms with van der Waals surface area (Å²) >= 11 is 0. The maximum Gasteiger partial charge on any atom is 0.317 e. The van der Waals surface area contributed by atoms with Gasteiger partial charge in [0.2, 0.25) is 0 Å². The average molecular weight is 284 g/mol. The number of likely N-dealkylation sites (tertiary alicyclic amines) is 1. The molecule has 2 aliphatic rings. The van der Waals surface area contributed by atoms with E-state index in [1.165, 1.54) is 0 Å². The molecule has 0 aromatic heterocycles. The Morgan fingerprint density at radius 2 is 2.10 bits per heavy atom. The molecular formula is C14H24N2O4. The Hall–Kier alpha value is -1.30. The van der Waals surface area contributed by atoms with Gasteiger partial charge in [-0.25, -0.2) is 4.79 Å². The number of nitrogens with one attached hydrogen (secondary N) is 1. The summed E-state index contributed by atoms with van der Waals surface area (Å²) in [5.74, 6) is -1.24. The van der Waals surface area contributed by atoms with Crippen LogP contribution in [0.2, 0.25) is 0 Å². The van der Waals surface area contributed by atoms with Crippen LogP contribution in [0.4, 0.5) is 4.79 Å². The molecule has 0 bridgehead atoms. The molecule has 2 rings (SSSR count). The number of hydrogen-bond donors (Lipinski definition) is 2. The summed E-state index contributed by atoms with van der Waals surface area (Å²) in [5.41, 5.74) is 0.212. The maximum absolute atomic E-state index is 12.1. The van der Waals surface area contributed by atoms with Crippen LogP contribution in [-0.2, 0) is 9.53 Å². The van der Waals surface area contributed by atoms with Crippen LogP contribution in [0.5, 0.6) is 0 Å². The molecule has 0 unspecified atom stereocenters. The molecular weight excluding hydrogens is 260 g/mol. The Morgan fingerprint density at radius 1 is 1.40 bits per heavy atom. The normalized spacial score (nSPS) is 27.4. The van der Waals surface area contributed by atoms with Gasteiger partial charge in [0.1, 0.15) is 0 Å². The third-order valence-corrected chi connectivity index (χ3v) is 4.62. The van der Waals surface area contributed by atoms with Crippen LogP contribution in [0.1, 0.15) is 26.2 Å². The molecule has 1 aliphatic carbocycles. The van der Waals surface area contributed by atoms with E-state index in [9.17, 15) is 9.59 Å². The standard InChI is InChI=1S/C14H24N2O4/c1-10-7-16(8-11(10)12(17)18)13(19)15-9-14(3-4-14)5-6-20-2/h10-11H,3-9H2,1-2H3,(H,15,19)(H,17,18)/t10-,11-/m1/s1. The molecule has 0 spiro atoms. The minimum atomic E-state index is -0.813. The Morgan fingerprint density at radius 3 is 2.60 bits per heavy atom. The first-order chi connectivity index (χ1) is 9.47. The maximum atomic E-state index is 12.1. The monoisotopic (exact) mass is 284 g/mol. The van der Waals surface area contributed by atoms with E-state index >= 15 is 0 Å². The summed E-state index contributed by atoms with van der Waals surface area (Å²) in [6.07, 6.45) is 3.23. The van der Waals surface area contributed by atoms with Crippen molar-refractivity contribution in [3.05, 3.63) is 0 Å². The molecule has 2 amide bonds. The molecule has 6 nitrogen and oxygen atoms in total. The molecule has 114 valence electrons. The lowest BCUT2D eigenvalue weighted by Crippen LogP contribution is -2.41. The number of carbonyl (C=O) groups is 2. The highest BCUT2D eigenvalue weighted by molar-refractivity contribution is 5.77. The highest BCUT2D eigenvalue weighted by Gasteiger charge is 2.43. The van der Waals surface area contributed by atoms with Crippen molar-refractivity contribution in [2.75, 3.05) is 33.4 Å². The molecule has 20 heavy (non-hydrogen) atoms. The molecule has 1 heterocycles. The number of carbonyl (C=O) groups excluding carboxylic acids is 1. The molecule has 6 heteroatoms. The molecule has 0 aromatic carbocycles. The molecule has 2 fully saturated rings. The number of carboxylic acid groups (broad SMARTS) is 1. The van der Waals surface area contributed by atoms with Crippen molar-refractivity contribution in [1.82, 2.24) is 10.2 Å². The van der Waals surface area contributed by atoms with Gasteiger partial charge in [-0.05, 0) is 30.6 Å². The zero-order valence-corrected chi connectivity index (χ0v) is 12.2. The Balaban J connectivity index is 1.77. The second-order valence-corrected chi connectivity index (χ2v) is 6.23. The van der Waals surface area contributed by atoms with Crippen LogP contribution in [0, 0.1) is 17.3 Å². The number of rotatable bonds is 6. The van der Waals surface area contributed by atoms with Crippen LogP contribution in [0.3, 0.4) is 0 Å². The van der Waals surface area contributed by atoms with Crippen LogP contribution < -0.4 is 5.32 Å². The predicted octanol–water partition coefficient (Wildman–Crippen LogP) is 1.17. The van der Waals surface area contributed by atoms with Gasteiger partial charge in [0.25, 0.3) is 0 Å². The van der Waals surface area contributed by atoms with Crippen molar-refractivity contribution in [3.8, 4) is 0 Å². The van der Waals surface area contributed by atoms with Crippen LogP contribution in [0.25, 0.3) is 0 Å². The molecule has 0 aromatic rings. The van der Waals surface area contributed by atoms with Gasteiger partial charge in [-0.1, -0.05) is 6.92 Å². The summed E-state index contributed by atoms with van der Waals surface area (Å²) in [5, 5.41) is 12.0. The van der Waals surface area contributed by atoms with E-state index in [4.69, 9.17) is 9.84 Å². The van der Waals surface area contributed by atoms with Crippen LogP contribution >= 0.6 is 0 Å². The van der Waals surface area contributed by atoms with Gasteiger partial charge < -0.3 is 20.1 Å². The summed E-state index contributed by atoms with van der Waals surface area (Å²) in [6.45, 7) is 4.10. The number of ether oxygens (including phenoxy) is 1.